The van der Waals surface area contributed by atoms with Crippen molar-refractivity contribution in [3.8, 4) is 0 Å². The van der Waals surface area contributed by atoms with Crippen LogP contribution in [0, 0.1) is 0 Å². The van der Waals surface area contributed by atoms with Crippen LogP contribution < -0.4 is 10.6 Å². The standard InChI is InChI=1S/C18H35N5O4/c1-17(2,3)26-15(24)22(8)10-9-20-14(19-7)21-13-11-23(12-13)16(25)27-18(4,5)6/h13H,9-12H2,1-8H3,(H2,19,20,21). The molecule has 0 aliphatic carbocycles. The van der Waals surface area contributed by atoms with Crippen LogP contribution >= 0.6 is 0 Å². The van der Waals surface area contributed by atoms with Gasteiger partial charge in [0, 0.05) is 40.3 Å². The SMILES string of the molecule is CN=C(NCCN(C)C(=O)OC(C)(C)C)NC1CN(C(=O)OC(C)(C)C)C1. The van der Waals surface area contributed by atoms with E-state index >= 15 is 0 Å². The molecule has 0 unspecified atom stereocenters. The third-order valence-electron chi connectivity index (χ3n) is 3.54. The lowest BCUT2D eigenvalue weighted by Crippen LogP contribution is -2.63. The van der Waals surface area contributed by atoms with E-state index in [1.165, 1.54) is 4.90 Å². The van der Waals surface area contributed by atoms with Gasteiger partial charge in [0.25, 0.3) is 0 Å². The number of guanidine groups is 1. The first-order valence-electron chi connectivity index (χ1n) is 9.20. The normalized spacial score (nSPS) is 15.7. The first kappa shape index (κ1) is 22.9. The molecule has 0 aromatic heterocycles. The summed E-state index contributed by atoms with van der Waals surface area (Å²) in [7, 11) is 3.37. The molecule has 1 rings (SSSR count). The molecular weight excluding hydrogens is 350 g/mol. The van der Waals surface area contributed by atoms with Crippen LogP contribution in [0.4, 0.5) is 9.59 Å². The summed E-state index contributed by atoms with van der Waals surface area (Å²) in [6, 6.07) is 0.118. The molecule has 0 saturated carbocycles. The summed E-state index contributed by atoms with van der Waals surface area (Å²) in [5.41, 5.74) is -1.01. The molecule has 0 bridgehead atoms. The number of likely N-dealkylation sites (tertiary alicyclic amines) is 1. The molecule has 0 aromatic carbocycles. The molecular formula is C18H35N5O4. The minimum absolute atomic E-state index is 0.118. The maximum Gasteiger partial charge on any atom is 0.410 e. The lowest BCUT2D eigenvalue weighted by atomic mass is 10.1. The van der Waals surface area contributed by atoms with Gasteiger partial charge < -0.3 is 29.9 Å². The Hall–Kier alpha value is -2.19. The molecule has 1 aliphatic heterocycles. The van der Waals surface area contributed by atoms with Gasteiger partial charge in [0.05, 0.1) is 6.04 Å². The number of rotatable bonds is 4. The minimum atomic E-state index is -0.513. The van der Waals surface area contributed by atoms with E-state index in [2.05, 4.69) is 15.6 Å². The second kappa shape index (κ2) is 9.14. The number of hydrogen-bond acceptors (Lipinski definition) is 5. The summed E-state index contributed by atoms with van der Waals surface area (Å²) >= 11 is 0. The second-order valence-electron chi connectivity index (χ2n) is 8.63. The van der Waals surface area contributed by atoms with E-state index in [9.17, 15) is 9.59 Å². The molecule has 2 amide bonds. The lowest BCUT2D eigenvalue weighted by Gasteiger charge is -2.40. The fraction of sp³-hybridized carbons (Fsp3) is 0.833. The number of nitrogens with one attached hydrogen (secondary N) is 2. The Kier molecular flexibility index (Phi) is 7.74. The smallest absolute Gasteiger partial charge is 0.410 e. The zero-order valence-corrected chi connectivity index (χ0v) is 17.9. The third-order valence-corrected chi connectivity index (χ3v) is 3.54. The highest BCUT2D eigenvalue weighted by molar-refractivity contribution is 5.80. The molecule has 0 spiro atoms. The van der Waals surface area contributed by atoms with Gasteiger partial charge >= 0.3 is 12.2 Å². The predicted molar refractivity (Wildman–Crippen MR) is 105 cm³/mol. The molecule has 9 heteroatoms. The molecule has 0 aromatic rings. The Morgan fingerprint density at radius 2 is 1.67 bits per heavy atom. The van der Waals surface area contributed by atoms with Gasteiger partial charge in [0.15, 0.2) is 5.96 Å². The van der Waals surface area contributed by atoms with Crippen LogP contribution in [0.15, 0.2) is 4.99 Å². The molecule has 1 aliphatic rings. The highest BCUT2D eigenvalue weighted by Crippen LogP contribution is 2.15. The molecule has 0 radical (unpaired) electrons. The van der Waals surface area contributed by atoms with Crippen molar-refractivity contribution < 1.29 is 19.1 Å². The highest BCUT2D eigenvalue weighted by Gasteiger charge is 2.34. The number of nitrogens with zero attached hydrogens (tertiary/aromatic N) is 3. The van der Waals surface area contributed by atoms with Crippen LogP contribution in [0.5, 0.6) is 0 Å². The van der Waals surface area contributed by atoms with Crippen molar-refractivity contribution in [1.29, 1.82) is 0 Å². The van der Waals surface area contributed by atoms with Crippen molar-refractivity contribution in [2.75, 3.05) is 40.3 Å². The summed E-state index contributed by atoms with van der Waals surface area (Å²) in [4.78, 5) is 31.2. The average molecular weight is 386 g/mol. The van der Waals surface area contributed by atoms with E-state index in [4.69, 9.17) is 9.47 Å². The first-order chi connectivity index (χ1) is 12.3. The van der Waals surface area contributed by atoms with Crippen molar-refractivity contribution >= 4 is 18.1 Å². The quantitative estimate of drug-likeness (QED) is 0.564. The largest absolute Gasteiger partial charge is 0.444 e. The van der Waals surface area contributed by atoms with Crippen LogP contribution in [0.1, 0.15) is 41.5 Å². The Morgan fingerprint density at radius 3 is 2.15 bits per heavy atom. The van der Waals surface area contributed by atoms with Gasteiger partial charge in [-0.2, -0.15) is 0 Å². The van der Waals surface area contributed by atoms with E-state index in [1.54, 1.807) is 19.0 Å². The number of likely N-dealkylation sites (N-methyl/N-ethyl adjacent to an activating group) is 1. The predicted octanol–water partition coefficient (Wildman–Crippen LogP) is 1.64. The molecule has 1 fully saturated rings. The number of aliphatic imine (C=N–C) groups is 1. The molecule has 156 valence electrons. The van der Waals surface area contributed by atoms with Crippen LogP contribution in [0.25, 0.3) is 0 Å². The second-order valence-corrected chi connectivity index (χ2v) is 8.63. The number of amides is 2. The van der Waals surface area contributed by atoms with Crippen molar-refractivity contribution in [2.45, 2.75) is 58.8 Å². The van der Waals surface area contributed by atoms with Crippen LogP contribution in [-0.4, -0.2) is 85.5 Å². The van der Waals surface area contributed by atoms with Gasteiger partial charge in [0.2, 0.25) is 0 Å². The van der Waals surface area contributed by atoms with Gasteiger partial charge in [-0.1, -0.05) is 0 Å². The van der Waals surface area contributed by atoms with Gasteiger partial charge in [0.1, 0.15) is 11.2 Å². The Balaban J connectivity index is 2.29. The Morgan fingerprint density at radius 1 is 1.11 bits per heavy atom. The van der Waals surface area contributed by atoms with Gasteiger partial charge in [-0.3, -0.25) is 4.99 Å². The molecule has 27 heavy (non-hydrogen) atoms. The average Bonchev–Trinajstić information content (AvgIpc) is 2.44. The molecule has 9 nitrogen and oxygen atoms in total. The summed E-state index contributed by atoms with van der Waals surface area (Å²) in [6.45, 7) is 13.2. The van der Waals surface area contributed by atoms with Crippen molar-refractivity contribution in [3.63, 3.8) is 0 Å². The summed E-state index contributed by atoms with van der Waals surface area (Å²) in [6.07, 6.45) is -0.665. The van der Waals surface area contributed by atoms with E-state index < -0.39 is 11.2 Å². The maximum atomic E-state index is 11.9. The van der Waals surface area contributed by atoms with Gasteiger partial charge in [-0.15, -0.1) is 0 Å². The molecule has 1 saturated heterocycles. The zero-order valence-electron chi connectivity index (χ0n) is 17.9. The minimum Gasteiger partial charge on any atom is -0.444 e. The molecule has 0 atom stereocenters. The van der Waals surface area contributed by atoms with Crippen LogP contribution in [0.2, 0.25) is 0 Å². The van der Waals surface area contributed by atoms with Crippen LogP contribution in [0.3, 0.4) is 0 Å². The number of hydrogen-bond donors (Lipinski definition) is 2. The highest BCUT2D eigenvalue weighted by atomic mass is 16.6. The van der Waals surface area contributed by atoms with E-state index in [0.717, 1.165) is 0 Å². The number of carbonyl (C=O) groups is 2. The molecule has 2 N–H and O–H groups in total. The zero-order chi connectivity index (χ0) is 20.8. The monoisotopic (exact) mass is 385 g/mol. The van der Waals surface area contributed by atoms with Crippen molar-refractivity contribution in [2.24, 2.45) is 4.99 Å². The van der Waals surface area contributed by atoms with Crippen LogP contribution in [-0.2, 0) is 9.47 Å². The Labute approximate surface area is 162 Å². The topological polar surface area (TPSA) is 95.5 Å². The lowest BCUT2D eigenvalue weighted by molar-refractivity contribution is 0.00700. The summed E-state index contributed by atoms with van der Waals surface area (Å²) in [5, 5.41) is 6.40. The molecule has 1 heterocycles. The first-order valence-corrected chi connectivity index (χ1v) is 9.20. The van der Waals surface area contributed by atoms with Gasteiger partial charge in [-0.25, -0.2) is 9.59 Å². The van der Waals surface area contributed by atoms with E-state index in [1.807, 2.05) is 41.5 Å². The maximum absolute atomic E-state index is 11.9. The summed E-state index contributed by atoms with van der Waals surface area (Å²) in [5.74, 6) is 0.626. The number of ether oxygens (including phenoxy) is 2. The Bertz CT molecular complexity index is 545. The fourth-order valence-corrected chi connectivity index (χ4v) is 2.21. The van der Waals surface area contributed by atoms with Crippen molar-refractivity contribution in [1.82, 2.24) is 20.4 Å². The third kappa shape index (κ3) is 8.83. The fourth-order valence-electron chi connectivity index (χ4n) is 2.21. The summed E-state index contributed by atoms with van der Waals surface area (Å²) < 4.78 is 10.6. The van der Waals surface area contributed by atoms with E-state index in [-0.39, 0.29) is 18.2 Å². The van der Waals surface area contributed by atoms with Crippen molar-refractivity contribution in [3.05, 3.63) is 0 Å². The van der Waals surface area contributed by atoms with Gasteiger partial charge in [-0.05, 0) is 41.5 Å². The number of carbonyl (C=O) groups excluding carboxylic acids is 2. The van der Waals surface area contributed by atoms with E-state index in [0.29, 0.717) is 32.1 Å².